The highest BCUT2D eigenvalue weighted by Crippen LogP contribution is 2.33. The molecule has 112 valence electrons. The summed E-state index contributed by atoms with van der Waals surface area (Å²) in [4.78, 5) is 16.9. The maximum Gasteiger partial charge on any atom is 0.433 e. The quantitative estimate of drug-likeness (QED) is 0.689. The van der Waals surface area contributed by atoms with Gasteiger partial charge < -0.3 is 9.73 Å². The van der Waals surface area contributed by atoms with Gasteiger partial charge in [-0.2, -0.15) is 13.2 Å². The summed E-state index contributed by atoms with van der Waals surface area (Å²) >= 11 is 0. The molecule has 0 unspecified atom stereocenters. The standard InChI is InChI=1S/C11H9F3N4O3/c1-6-3-17-10(21-6)5-15-7-2-9(11(12,13)14)16-4-8(7)18(19)20/h2-4H,5H2,1H3,(H,15,16). The molecule has 10 heteroatoms. The van der Waals surface area contributed by atoms with E-state index in [4.69, 9.17) is 4.42 Å². The van der Waals surface area contributed by atoms with Crippen LogP contribution < -0.4 is 5.32 Å². The van der Waals surface area contributed by atoms with Gasteiger partial charge in [0.1, 0.15) is 23.3 Å². The van der Waals surface area contributed by atoms with E-state index in [1.807, 2.05) is 0 Å². The SMILES string of the molecule is Cc1cnc(CNc2cc(C(F)(F)F)ncc2[N+](=O)[O-])o1. The first-order valence-electron chi connectivity index (χ1n) is 5.64. The number of oxazole rings is 1. The molecular formula is C11H9F3N4O3. The molecule has 0 aromatic carbocycles. The summed E-state index contributed by atoms with van der Waals surface area (Å²) in [7, 11) is 0. The van der Waals surface area contributed by atoms with Crippen molar-refractivity contribution < 1.29 is 22.5 Å². The first-order chi connectivity index (χ1) is 9.77. The Labute approximate surface area is 116 Å². The number of nitro groups is 1. The summed E-state index contributed by atoms with van der Waals surface area (Å²) in [5.74, 6) is 0.721. The molecule has 0 radical (unpaired) electrons. The monoisotopic (exact) mass is 302 g/mol. The van der Waals surface area contributed by atoms with Crippen LogP contribution in [0.15, 0.2) is 22.9 Å². The third kappa shape index (κ3) is 3.46. The number of alkyl halides is 3. The van der Waals surface area contributed by atoms with Gasteiger partial charge in [-0.05, 0) is 13.0 Å². The highest BCUT2D eigenvalue weighted by molar-refractivity contribution is 5.61. The van der Waals surface area contributed by atoms with Gasteiger partial charge in [-0.1, -0.05) is 0 Å². The van der Waals surface area contributed by atoms with Gasteiger partial charge in [-0.25, -0.2) is 9.97 Å². The molecule has 0 aliphatic rings. The molecule has 0 atom stereocenters. The van der Waals surface area contributed by atoms with Crippen molar-refractivity contribution >= 4 is 11.4 Å². The maximum absolute atomic E-state index is 12.6. The fourth-order valence-corrected chi connectivity index (χ4v) is 1.54. The molecule has 2 rings (SSSR count). The molecule has 2 aromatic rings. The van der Waals surface area contributed by atoms with E-state index in [2.05, 4.69) is 15.3 Å². The minimum atomic E-state index is -4.69. The number of halogens is 3. The number of hydrogen-bond donors (Lipinski definition) is 1. The second-order valence-electron chi connectivity index (χ2n) is 4.06. The zero-order valence-electron chi connectivity index (χ0n) is 10.6. The Kier molecular flexibility index (Phi) is 3.78. The Morgan fingerprint density at radius 1 is 1.38 bits per heavy atom. The van der Waals surface area contributed by atoms with Crippen LogP contribution in [0.5, 0.6) is 0 Å². The van der Waals surface area contributed by atoms with Gasteiger partial charge in [0.05, 0.1) is 17.7 Å². The van der Waals surface area contributed by atoms with Crippen molar-refractivity contribution in [2.45, 2.75) is 19.6 Å². The van der Waals surface area contributed by atoms with Crippen LogP contribution in [0.2, 0.25) is 0 Å². The third-order valence-electron chi connectivity index (χ3n) is 2.47. The molecular weight excluding hydrogens is 293 g/mol. The van der Waals surface area contributed by atoms with Crippen molar-refractivity contribution in [3.63, 3.8) is 0 Å². The number of hydrogen-bond acceptors (Lipinski definition) is 6. The number of rotatable bonds is 4. The zero-order chi connectivity index (χ0) is 15.6. The first-order valence-corrected chi connectivity index (χ1v) is 5.64. The van der Waals surface area contributed by atoms with Crippen LogP contribution in [0.4, 0.5) is 24.5 Å². The van der Waals surface area contributed by atoms with Crippen LogP contribution in [0.1, 0.15) is 17.3 Å². The van der Waals surface area contributed by atoms with Crippen LogP contribution in [0.3, 0.4) is 0 Å². The highest BCUT2D eigenvalue weighted by atomic mass is 19.4. The Balaban J connectivity index is 2.28. The smallest absolute Gasteiger partial charge is 0.433 e. The number of nitrogens with zero attached hydrogens (tertiary/aromatic N) is 3. The lowest BCUT2D eigenvalue weighted by atomic mass is 10.2. The minimum Gasteiger partial charge on any atom is -0.444 e. The second-order valence-corrected chi connectivity index (χ2v) is 4.06. The molecule has 21 heavy (non-hydrogen) atoms. The van der Waals surface area contributed by atoms with Gasteiger partial charge in [-0.15, -0.1) is 0 Å². The average Bonchev–Trinajstić information content (AvgIpc) is 2.80. The van der Waals surface area contributed by atoms with Crippen molar-refractivity contribution in [1.29, 1.82) is 0 Å². The Bertz CT molecular complexity index is 669. The molecule has 1 N–H and O–H groups in total. The molecule has 0 aliphatic heterocycles. The molecule has 0 bridgehead atoms. The summed E-state index contributed by atoms with van der Waals surface area (Å²) in [5.41, 5.74) is -2.09. The predicted molar refractivity (Wildman–Crippen MR) is 64.5 cm³/mol. The van der Waals surface area contributed by atoms with E-state index >= 15 is 0 Å². The average molecular weight is 302 g/mol. The van der Waals surface area contributed by atoms with E-state index in [1.165, 1.54) is 6.20 Å². The lowest BCUT2D eigenvalue weighted by Gasteiger charge is -2.09. The molecule has 0 aliphatic carbocycles. The molecule has 2 aromatic heterocycles. The first kappa shape index (κ1) is 14.8. The van der Waals surface area contributed by atoms with Gasteiger partial charge in [0.15, 0.2) is 0 Å². The molecule has 0 amide bonds. The molecule has 0 saturated carbocycles. The fraction of sp³-hybridized carbons (Fsp3) is 0.273. The number of anilines is 1. The number of aromatic nitrogens is 2. The lowest BCUT2D eigenvalue weighted by Crippen LogP contribution is -2.11. The van der Waals surface area contributed by atoms with Gasteiger partial charge in [-0.3, -0.25) is 10.1 Å². The number of pyridine rings is 1. The lowest BCUT2D eigenvalue weighted by molar-refractivity contribution is -0.384. The normalized spacial score (nSPS) is 11.4. The molecule has 0 saturated heterocycles. The largest absolute Gasteiger partial charge is 0.444 e. The van der Waals surface area contributed by atoms with Crippen molar-refractivity contribution in [3.8, 4) is 0 Å². The predicted octanol–water partition coefficient (Wildman–Crippen LogP) is 2.92. The van der Waals surface area contributed by atoms with Crippen molar-refractivity contribution in [2.75, 3.05) is 5.32 Å². The fourth-order valence-electron chi connectivity index (χ4n) is 1.54. The van der Waals surface area contributed by atoms with Crippen molar-refractivity contribution in [3.05, 3.63) is 45.9 Å². The molecule has 0 spiro atoms. The summed E-state index contributed by atoms with van der Waals surface area (Å²) in [5, 5.41) is 13.3. The van der Waals surface area contributed by atoms with Crippen molar-refractivity contribution in [2.24, 2.45) is 0 Å². The van der Waals surface area contributed by atoms with Crippen LogP contribution in [-0.2, 0) is 12.7 Å². The Hall–Kier alpha value is -2.65. The van der Waals surface area contributed by atoms with Crippen molar-refractivity contribution in [1.82, 2.24) is 9.97 Å². The Morgan fingerprint density at radius 2 is 2.10 bits per heavy atom. The number of aryl methyl sites for hydroxylation is 1. The summed E-state index contributed by atoms with van der Waals surface area (Å²) < 4.78 is 42.9. The van der Waals surface area contributed by atoms with Crippen LogP contribution in [0.25, 0.3) is 0 Å². The van der Waals surface area contributed by atoms with Crippen LogP contribution in [0, 0.1) is 17.0 Å². The summed E-state index contributed by atoms with van der Waals surface area (Å²) in [6.07, 6.45) is -2.70. The zero-order valence-corrected chi connectivity index (χ0v) is 10.6. The molecule has 7 nitrogen and oxygen atoms in total. The summed E-state index contributed by atoms with van der Waals surface area (Å²) in [6, 6.07) is 0.577. The van der Waals surface area contributed by atoms with Gasteiger partial charge in [0.2, 0.25) is 5.89 Å². The van der Waals surface area contributed by atoms with E-state index in [0.717, 1.165) is 0 Å². The van der Waals surface area contributed by atoms with Gasteiger partial charge >= 0.3 is 11.9 Å². The van der Waals surface area contributed by atoms with E-state index in [-0.39, 0.29) is 18.1 Å². The van der Waals surface area contributed by atoms with Gasteiger partial charge in [0.25, 0.3) is 0 Å². The highest BCUT2D eigenvalue weighted by Gasteiger charge is 2.34. The van der Waals surface area contributed by atoms with E-state index < -0.39 is 22.5 Å². The third-order valence-corrected chi connectivity index (χ3v) is 2.47. The topological polar surface area (TPSA) is 94.1 Å². The maximum atomic E-state index is 12.6. The van der Waals surface area contributed by atoms with E-state index in [0.29, 0.717) is 18.0 Å². The Morgan fingerprint density at radius 3 is 2.62 bits per heavy atom. The van der Waals surface area contributed by atoms with E-state index in [9.17, 15) is 23.3 Å². The van der Waals surface area contributed by atoms with Crippen LogP contribution in [-0.4, -0.2) is 14.9 Å². The second kappa shape index (κ2) is 5.38. The number of nitrogens with one attached hydrogen (secondary N) is 1. The van der Waals surface area contributed by atoms with Gasteiger partial charge in [0, 0.05) is 0 Å². The van der Waals surface area contributed by atoms with Crippen LogP contribution >= 0.6 is 0 Å². The van der Waals surface area contributed by atoms with E-state index in [1.54, 1.807) is 6.92 Å². The minimum absolute atomic E-state index is 0.0873. The molecule has 2 heterocycles. The molecule has 0 fully saturated rings. The summed E-state index contributed by atoms with van der Waals surface area (Å²) in [6.45, 7) is 1.56.